The van der Waals surface area contributed by atoms with Gasteiger partial charge in [0, 0.05) is 39.6 Å². The minimum Gasteiger partial charge on any atom is -0.456 e. The van der Waals surface area contributed by atoms with E-state index in [4.69, 9.17) is 19.7 Å². The van der Waals surface area contributed by atoms with Gasteiger partial charge in [-0.3, -0.25) is 4.98 Å². The van der Waals surface area contributed by atoms with Crippen LogP contribution >= 0.6 is 0 Å². The molecule has 0 unspecified atom stereocenters. The molecule has 0 N–H and O–H groups in total. The first-order chi connectivity index (χ1) is 24.8. The Hall–Kier alpha value is -6.65. The summed E-state index contributed by atoms with van der Waals surface area (Å²) in [5, 5.41) is 0. The Morgan fingerprint density at radius 1 is 0.420 bits per heavy atom. The SMILES string of the molecule is c1ccc(-c2cc(-c3cccnc3-c3cccc4c3Oc3ccccc3C43c4ccccc4-c4ccccc43)nc(-c3ccccc3)n2)cc1. The summed E-state index contributed by atoms with van der Waals surface area (Å²) in [4.78, 5) is 15.3. The highest BCUT2D eigenvalue weighted by molar-refractivity contribution is 5.92. The van der Waals surface area contributed by atoms with Crippen molar-refractivity contribution in [3.05, 3.63) is 198 Å². The van der Waals surface area contributed by atoms with E-state index in [1.807, 2.05) is 60.8 Å². The van der Waals surface area contributed by atoms with Gasteiger partial charge in [-0.1, -0.05) is 140 Å². The largest absolute Gasteiger partial charge is 0.456 e. The fraction of sp³-hybridized carbons (Fsp3) is 0.0217. The number of nitrogens with zero attached hydrogens (tertiary/aromatic N) is 3. The second-order valence-corrected chi connectivity index (χ2v) is 12.7. The third-order valence-electron chi connectivity index (χ3n) is 10.0. The van der Waals surface area contributed by atoms with E-state index in [0.29, 0.717) is 5.82 Å². The van der Waals surface area contributed by atoms with Gasteiger partial charge in [-0.2, -0.15) is 0 Å². The first-order valence-corrected chi connectivity index (χ1v) is 16.9. The number of hydrogen-bond acceptors (Lipinski definition) is 4. The number of rotatable bonds is 4. The van der Waals surface area contributed by atoms with Crippen molar-refractivity contribution in [2.75, 3.05) is 0 Å². The standard InChI is InChI=1S/C46H29N3O/c1-3-15-30(16-4-1)40-29-41(49-45(48-40)31-17-5-2-6-18-31)34-22-14-28-47-43(34)35-21-13-26-39-44(35)50-42-27-12-11-25-38(42)46(39)36-23-9-7-19-32(36)33-20-8-10-24-37(33)46/h1-29H. The highest BCUT2D eigenvalue weighted by atomic mass is 16.5. The molecule has 8 aromatic rings. The summed E-state index contributed by atoms with van der Waals surface area (Å²) < 4.78 is 6.98. The molecular formula is C46H29N3O. The van der Waals surface area contributed by atoms with E-state index in [-0.39, 0.29) is 0 Å². The molecule has 2 aromatic heterocycles. The summed E-state index contributed by atoms with van der Waals surface area (Å²) in [5.74, 6) is 2.31. The molecule has 4 heteroatoms. The molecule has 1 spiro atoms. The monoisotopic (exact) mass is 639 g/mol. The number of fused-ring (bicyclic) bond motifs is 9. The van der Waals surface area contributed by atoms with Gasteiger partial charge in [-0.25, -0.2) is 9.97 Å². The van der Waals surface area contributed by atoms with E-state index in [0.717, 1.165) is 62.0 Å². The summed E-state index contributed by atoms with van der Waals surface area (Å²) in [6.45, 7) is 0. The lowest BCUT2D eigenvalue weighted by Crippen LogP contribution is -2.32. The van der Waals surface area contributed by atoms with Crippen molar-refractivity contribution in [1.82, 2.24) is 15.0 Å². The van der Waals surface area contributed by atoms with Gasteiger partial charge in [0.05, 0.1) is 22.5 Å². The van der Waals surface area contributed by atoms with E-state index in [1.54, 1.807) is 0 Å². The molecule has 0 bridgehead atoms. The van der Waals surface area contributed by atoms with Gasteiger partial charge in [0.15, 0.2) is 5.82 Å². The molecule has 0 saturated carbocycles. The van der Waals surface area contributed by atoms with Crippen LogP contribution < -0.4 is 4.74 Å². The third-order valence-corrected chi connectivity index (χ3v) is 10.0. The molecule has 2 aliphatic rings. The molecule has 3 heterocycles. The van der Waals surface area contributed by atoms with Gasteiger partial charge in [-0.05, 0) is 52.6 Å². The Morgan fingerprint density at radius 3 is 1.72 bits per heavy atom. The van der Waals surface area contributed by atoms with Gasteiger partial charge in [-0.15, -0.1) is 0 Å². The predicted octanol–water partition coefficient (Wildman–Crippen LogP) is 11.0. The number of para-hydroxylation sites is 2. The number of benzene rings is 6. The Bertz CT molecular complexity index is 2480. The van der Waals surface area contributed by atoms with Gasteiger partial charge in [0.1, 0.15) is 11.5 Å². The molecule has 50 heavy (non-hydrogen) atoms. The third kappa shape index (κ3) is 4.15. The van der Waals surface area contributed by atoms with Crippen LogP contribution in [0, 0.1) is 0 Å². The lowest BCUT2D eigenvalue weighted by molar-refractivity contribution is 0.438. The number of aromatic nitrogens is 3. The number of ether oxygens (including phenoxy) is 1. The maximum absolute atomic E-state index is 6.98. The minimum atomic E-state index is -0.557. The highest BCUT2D eigenvalue weighted by Gasteiger charge is 2.51. The quantitative estimate of drug-likeness (QED) is 0.192. The maximum Gasteiger partial charge on any atom is 0.160 e. The summed E-state index contributed by atoms with van der Waals surface area (Å²) in [6, 6.07) is 59.1. The van der Waals surface area contributed by atoms with Crippen LogP contribution in [0.3, 0.4) is 0 Å². The molecule has 1 aliphatic heterocycles. The Labute approximate surface area is 290 Å². The van der Waals surface area contributed by atoms with Crippen molar-refractivity contribution in [1.29, 1.82) is 0 Å². The fourth-order valence-corrected chi connectivity index (χ4v) is 7.95. The van der Waals surface area contributed by atoms with E-state index in [9.17, 15) is 0 Å². The first kappa shape index (κ1) is 28.4. The molecule has 0 fully saturated rings. The summed E-state index contributed by atoms with van der Waals surface area (Å²) in [6.07, 6.45) is 1.85. The molecule has 4 nitrogen and oxygen atoms in total. The van der Waals surface area contributed by atoms with Gasteiger partial charge in [0.2, 0.25) is 0 Å². The first-order valence-electron chi connectivity index (χ1n) is 16.9. The molecule has 10 rings (SSSR count). The topological polar surface area (TPSA) is 47.9 Å². The van der Waals surface area contributed by atoms with Crippen LogP contribution in [0.2, 0.25) is 0 Å². The minimum absolute atomic E-state index is 0.557. The number of hydrogen-bond donors (Lipinski definition) is 0. The average molecular weight is 640 g/mol. The van der Waals surface area contributed by atoms with E-state index >= 15 is 0 Å². The van der Waals surface area contributed by atoms with Crippen molar-refractivity contribution >= 4 is 0 Å². The molecule has 1 aliphatic carbocycles. The van der Waals surface area contributed by atoms with Crippen LogP contribution in [-0.4, -0.2) is 15.0 Å². The molecular weight excluding hydrogens is 611 g/mol. The summed E-state index contributed by atoms with van der Waals surface area (Å²) in [7, 11) is 0. The summed E-state index contributed by atoms with van der Waals surface area (Å²) in [5.41, 5.74) is 12.9. The molecule has 0 radical (unpaired) electrons. The van der Waals surface area contributed by atoms with Crippen LogP contribution in [0.25, 0.3) is 56.3 Å². The normalized spacial score (nSPS) is 13.1. The Morgan fingerprint density at radius 2 is 0.980 bits per heavy atom. The zero-order valence-corrected chi connectivity index (χ0v) is 27.0. The Kier molecular flexibility index (Phi) is 6.36. The second-order valence-electron chi connectivity index (χ2n) is 12.7. The zero-order valence-electron chi connectivity index (χ0n) is 27.0. The van der Waals surface area contributed by atoms with Gasteiger partial charge < -0.3 is 4.74 Å². The summed E-state index contributed by atoms with van der Waals surface area (Å²) >= 11 is 0. The van der Waals surface area contributed by atoms with Crippen molar-refractivity contribution in [2.45, 2.75) is 5.41 Å². The lowest BCUT2D eigenvalue weighted by Gasteiger charge is -2.40. The van der Waals surface area contributed by atoms with Gasteiger partial charge in [0.25, 0.3) is 0 Å². The van der Waals surface area contributed by atoms with Crippen molar-refractivity contribution in [2.24, 2.45) is 0 Å². The molecule has 0 atom stereocenters. The zero-order chi connectivity index (χ0) is 33.1. The maximum atomic E-state index is 6.98. The lowest BCUT2D eigenvalue weighted by atomic mass is 9.65. The second kappa shape index (κ2) is 11.2. The van der Waals surface area contributed by atoms with Crippen LogP contribution in [0.15, 0.2) is 176 Å². The molecule has 0 amide bonds. The Balaban J connectivity index is 1.23. The van der Waals surface area contributed by atoms with E-state index in [2.05, 4.69) is 115 Å². The van der Waals surface area contributed by atoms with Crippen LogP contribution in [0.1, 0.15) is 22.3 Å². The fourth-order valence-electron chi connectivity index (χ4n) is 7.95. The number of pyridine rings is 1. The van der Waals surface area contributed by atoms with E-state index in [1.165, 1.54) is 22.3 Å². The molecule has 0 saturated heterocycles. The molecule has 6 aromatic carbocycles. The van der Waals surface area contributed by atoms with Gasteiger partial charge >= 0.3 is 0 Å². The van der Waals surface area contributed by atoms with Crippen molar-refractivity contribution in [3.63, 3.8) is 0 Å². The predicted molar refractivity (Wildman–Crippen MR) is 199 cm³/mol. The van der Waals surface area contributed by atoms with E-state index < -0.39 is 5.41 Å². The highest BCUT2D eigenvalue weighted by Crippen LogP contribution is 2.63. The van der Waals surface area contributed by atoms with Crippen LogP contribution in [0.4, 0.5) is 0 Å². The van der Waals surface area contributed by atoms with Crippen molar-refractivity contribution < 1.29 is 4.74 Å². The van der Waals surface area contributed by atoms with Crippen LogP contribution in [-0.2, 0) is 5.41 Å². The van der Waals surface area contributed by atoms with Crippen LogP contribution in [0.5, 0.6) is 11.5 Å². The van der Waals surface area contributed by atoms with Crippen molar-refractivity contribution in [3.8, 4) is 67.8 Å². The average Bonchev–Trinajstić information content (AvgIpc) is 3.49. The smallest absolute Gasteiger partial charge is 0.160 e. The molecule has 234 valence electrons.